The van der Waals surface area contributed by atoms with Crippen molar-refractivity contribution in [2.75, 3.05) is 13.7 Å². The maximum absolute atomic E-state index is 12.3. The molecule has 1 aliphatic rings. The van der Waals surface area contributed by atoms with Crippen molar-refractivity contribution in [3.63, 3.8) is 0 Å². The number of hydrogen-bond acceptors (Lipinski definition) is 9. The van der Waals surface area contributed by atoms with Crippen LogP contribution in [0.5, 0.6) is 0 Å². The minimum absolute atomic E-state index is 0.0383. The molecule has 0 saturated heterocycles. The van der Waals surface area contributed by atoms with E-state index < -0.39 is 23.7 Å². The summed E-state index contributed by atoms with van der Waals surface area (Å²) < 4.78 is 23.1. The topological polar surface area (TPSA) is 131 Å². The predicted molar refractivity (Wildman–Crippen MR) is 131 cm³/mol. The molecule has 1 amide bonds. The van der Waals surface area contributed by atoms with E-state index in [0.29, 0.717) is 26.0 Å². The summed E-state index contributed by atoms with van der Waals surface area (Å²) in [5.41, 5.74) is 0.125. The van der Waals surface area contributed by atoms with Crippen LogP contribution in [0.1, 0.15) is 78.8 Å². The second kappa shape index (κ2) is 14.2. The molecule has 0 aromatic carbocycles. The van der Waals surface area contributed by atoms with Crippen LogP contribution in [0, 0.1) is 11.8 Å². The zero-order valence-corrected chi connectivity index (χ0v) is 22.5. The Balaban J connectivity index is 1.59. The van der Waals surface area contributed by atoms with Crippen LogP contribution in [0.4, 0.5) is 4.79 Å². The average molecular weight is 511 g/mol. The molecule has 0 unspecified atom stereocenters. The van der Waals surface area contributed by atoms with Crippen molar-refractivity contribution < 1.29 is 33.3 Å². The van der Waals surface area contributed by atoms with E-state index in [9.17, 15) is 14.4 Å². The van der Waals surface area contributed by atoms with Gasteiger partial charge in [0.1, 0.15) is 17.3 Å². The fraction of sp³-hybridized carbons (Fsp3) is 0.800. The third-order valence-corrected chi connectivity index (χ3v) is 5.84. The summed E-state index contributed by atoms with van der Waals surface area (Å²) >= 11 is 0. The van der Waals surface area contributed by atoms with E-state index in [1.165, 1.54) is 7.11 Å². The number of ether oxygens (including phenoxy) is 4. The summed E-state index contributed by atoms with van der Waals surface area (Å²) in [6.07, 6.45) is 5.97. The highest BCUT2D eigenvalue weighted by Gasteiger charge is 2.31. The van der Waals surface area contributed by atoms with Gasteiger partial charge in [-0.25, -0.2) is 9.59 Å². The molecule has 0 radical (unpaired) electrons. The van der Waals surface area contributed by atoms with Crippen LogP contribution < -0.4 is 5.32 Å². The van der Waals surface area contributed by atoms with Gasteiger partial charge in [0.05, 0.1) is 38.5 Å². The van der Waals surface area contributed by atoms with Gasteiger partial charge < -0.3 is 24.3 Å². The number of hydrogen-bond donors (Lipinski definition) is 1. The lowest BCUT2D eigenvalue weighted by molar-refractivity contribution is -0.158. The van der Waals surface area contributed by atoms with Crippen molar-refractivity contribution in [1.82, 2.24) is 20.3 Å². The zero-order valence-electron chi connectivity index (χ0n) is 22.5. The van der Waals surface area contributed by atoms with Crippen LogP contribution >= 0.6 is 0 Å². The molecule has 11 nitrogen and oxygen atoms in total. The SMILES string of the molecule is COC(=O)[C@H]1CC[C@H](OCc2cn(CCCCCOC(=O)N[C@H](C(=O)OC(C)(C)C)C(C)C)nn2)C1. The van der Waals surface area contributed by atoms with E-state index in [2.05, 4.69) is 15.6 Å². The fourth-order valence-corrected chi connectivity index (χ4v) is 3.94. The maximum atomic E-state index is 12.3. The molecule has 204 valence electrons. The van der Waals surface area contributed by atoms with Gasteiger partial charge in [0.15, 0.2) is 0 Å². The van der Waals surface area contributed by atoms with Crippen molar-refractivity contribution in [2.24, 2.45) is 11.8 Å². The van der Waals surface area contributed by atoms with Gasteiger partial charge in [0.2, 0.25) is 0 Å². The smallest absolute Gasteiger partial charge is 0.407 e. The number of unbranched alkanes of at least 4 members (excludes halogenated alkanes) is 2. The lowest BCUT2D eigenvalue weighted by atomic mass is 10.0. The van der Waals surface area contributed by atoms with Crippen molar-refractivity contribution in [3.8, 4) is 0 Å². The number of esters is 2. The summed E-state index contributed by atoms with van der Waals surface area (Å²) in [6, 6.07) is -0.759. The number of carbonyl (C=O) groups excluding carboxylic acids is 3. The molecule has 0 spiro atoms. The Morgan fingerprint density at radius 1 is 1.17 bits per heavy atom. The summed E-state index contributed by atoms with van der Waals surface area (Å²) in [6.45, 7) is 10.4. The van der Waals surface area contributed by atoms with Gasteiger partial charge in [-0.05, 0) is 65.2 Å². The first-order valence-electron chi connectivity index (χ1n) is 12.7. The first kappa shape index (κ1) is 29.5. The molecule has 36 heavy (non-hydrogen) atoms. The van der Waals surface area contributed by atoms with Gasteiger partial charge >= 0.3 is 18.0 Å². The first-order chi connectivity index (χ1) is 17.0. The Morgan fingerprint density at radius 3 is 2.58 bits per heavy atom. The number of amides is 1. The second-order valence-corrected chi connectivity index (χ2v) is 10.5. The number of rotatable bonds is 13. The highest BCUT2D eigenvalue weighted by molar-refractivity contribution is 5.81. The number of aryl methyl sites for hydroxylation is 1. The molecule has 0 bridgehead atoms. The molecular formula is C25H42N4O7. The van der Waals surface area contributed by atoms with Crippen LogP contribution in [-0.4, -0.2) is 64.5 Å². The van der Waals surface area contributed by atoms with E-state index in [-0.39, 0.29) is 30.5 Å². The number of aromatic nitrogens is 3. The normalized spacial score (nSPS) is 18.6. The van der Waals surface area contributed by atoms with Gasteiger partial charge in [-0.2, -0.15) is 0 Å². The van der Waals surface area contributed by atoms with Crippen molar-refractivity contribution in [3.05, 3.63) is 11.9 Å². The van der Waals surface area contributed by atoms with E-state index >= 15 is 0 Å². The number of carbonyl (C=O) groups is 3. The third-order valence-electron chi connectivity index (χ3n) is 5.84. The van der Waals surface area contributed by atoms with Crippen molar-refractivity contribution in [1.29, 1.82) is 0 Å². The van der Waals surface area contributed by atoms with Gasteiger partial charge in [-0.15, -0.1) is 5.10 Å². The molecule has 1 aromatic heterocycles. The Labute approximate surface area is 213 Å². The van der Waals surface area contributed by atoms with Gasteiger partial charge in [0.25, 0.3) is 0 Å². The standard InChI is InChI=1S/C25H42N4O7/c1-17(2)21(23(31)36-25(3,4)5)26-24(32)34-13-9-7-8-12-29-15-19(27-28-29)16-35-20-11-10-18(14-20)22(30)33-6/h15,17-18,20-21H,7-14,16H2,1-6H3,(H,26,32)/t18-,20-,21-/m0/s1. The Hall–Kier alpha value is -2.69. The summed E-state index contributed by atoms with van der Waals surface area (Å²) in [5.74, 6) is -0.841. The van der Waals surface area contributed by atoms with Crippen LogP contribution in [0.2, 0.25) is 0 Å². The molecule has 1 saturated carbocycles. The molecule has 3 atom stereocenters. The van der Waals surface area contributed by atoms with Crippen LogP contribution in [0.3, 0.4) is 0 Å². The second-order valence-electron chi connectivity index (χ2n) is 10.5. The molecule has 1 N–H and O–H groups in total. The number of nitrogens with one attached hydrogen (secondary N) is 1. The first-order valence-corrected chi connectivity index (χ1v) is 12.7. The summed E-state index contributed by atoms with van der Waals surface area (Å²) in [4.78, 5) is 36.0. The monoisotopic (exact) mass is 510 g/mol. The zero-order chi connectivity index (χ0) is 26.7. The quantitative estimate of drug-likeness (QED) is 0.241. The van der Waals surface area contributed by atoms with Crippen molar-refractivity contribution in [2.45, 2.75) is 104 Å². The van der Waals surface area contributed by atoms with E-state index in [4.69, 9.17) is 18.9 Å². The van der Waals surface area contributed by atoms with Crippen LogP contribution in [0.15, 0.2) is 6.20 Å². The van der Waals surface area contributed by atoms with E-state index in [1.807, 2.05) is 20.0 Å². The van der Waals surface area contributed by atoms with Gasteiger partial charge in [-0.1, -0.05) is 19.1 Å². The lowest BCUT2D eigenvalue weighted by Gasteiger charge is -2.26. The largest absolute Gasteiger partial charge is 0.469 e. The Morgan fingerprint density at radius 2 is 1.92 bits per heavy atom. The maximum Gasteiger partial charge on any atom is 0.407 e. The summed E-state index contributed by atoms with van der Waals surface area (Å²) in [7, 11) is 1.41. The molecule has 0 aliphatic heterocycles. The summed E-state index contributed by atoms with van der Waals surface area (Å²) in [5, 5.41) is 10.9. The highest BCUT2D eigenvalue weighted by Crippen LogP contribution is 2.29. The highest BCUT2D eigenvalue weighted by atomic mass is 16.6. The van der Waals surface area contributed by atoms with E-state index in [0.717, 1.165) is 31.4 Å². The minimum atomic E-state index is -0.759. The number of nitrogens with zero attached hydrogens (tertiary/aromatic N) is 3. The molecular weight excluding hydrogens is 468 g/mol. The average Bonchev–Trinajstić information content (AvgIpc) is 3.46. The molecule has 1 aliphatic carbocycles. The molecule has 1 fully saturated rings. The predicted octanol–water partition coefficient (Wildman–Crippen LogP) is 3.40. The van der Waals surface area contributed by atoms with Gasteiger partial charge in [-0.3, -0.25) is 9.48 Å². The fourth-order valence-electron chi connectivity index (χ4n) is 3.94. The molecule has 2 rings (SSSR count). The Kier molecular flexibility index (Phi) is 11.6. The number of methoxy groups -OCH3 is 1. The van der Waals surface area contributed by atoms with Gasteiger partial charge in [0, 0.05) is 6.54 Å². The van der Waals surface area contributed by atoms with Crippen LogP contribution in [0.25, 0.3) is 0 Å². The van der Waals surface area contributed by atoms with E-state index in [1.54, 1.807) is 25.5 Å². The lowest BCUT2D eigenvalue weighted by Crippen LogP contribution is -2.47. The third kappa shape index (κ3) is 10.5. The van der Waals surface area contributed by atoms with Crippen molar-refractivity contribution >= 4 is 18.0 Å². The molecule has 1 heterocycles. The van der Waals surface area contributed by atoms with Crippen LogP contribution in [-0.2, 0) is 41.7 Å². The molecule has 11 heteroatoms. The minimum Gasteiger partial charge on any atom is -0.469 e. The number of alkyl carbamates (subject to hydrolysis) is 1. The molecule has 1 aromatic rings. The Bertz CT molecular complexity index is 850.